The highest BCUT2D eigenvalue weighted by molar-refractivity contribution is 6.43. The number of anilines is 5. The minimum atomic E-state index is 0.310. The van der Waals surface area contributed by atoms with Gasteiger partial charge in [0.2, 0.25) is 0 Å². The van der Waals surface area contributed by atoms with E-state index in [9.17, 15) is 0 Å². The van der Waals surface area contributed by atoms with Gasteiger partial charge in [0, 0.05) is 5.69 Å². The van der Waals surface area contributed by atoms with Gasteiger partial charge in [-0.3, -0.25) is 0 Å². The number of rotatable bonds is 4. The number of hydrogen-bond acceptors (Lipinski definition) is 5. The van der Waals surface area contributed by atoms with Crippen molar-refractivity contribution in [3.8, 4) is 0 Å². The van der Waals surface area contributed by atoms with E-state index in [0.29, 0.717) is 48.8 Å². The lowest BCUT2D eigenvalue weighted by Gasteiger charge is -2.14. The van der Waals surface area contributed by atoms with Crippen LogP contribution in [0.5, 0.6) is 0 Å². The average molecular weight is 415 g/mol. The van der Waals surface area contributed by atoms with E-state index in [1.54, 1.807) is 36.4 Å². The summed E-state index contributed by atoms with van der Waals surface area (Å²) in [5.74, 6) is 0.802. The molecule has 0 atom stereocenters. The van der Waals surface area contributed by atoms with Crippen LogP contribution in [0.1, 0.15) is 0 Å². The summed E-state index contributed by atoms with van der Waals surface area (Å²) >= 11 is 24.1. The third kappa shape index (κ3) is 4.02. The molecule has 1 heterocycles. The van der Waals surface area contributed by atoms with Gasteiger partial charge in [0.15, 0.2) is 11.6 Å². The third-order valence-electron chi connectivity index (χ3n) is 3.27. The number of aromatic nitrogens is 2. The highest BCUT2D eigenvalue weighted by atomic mass is 35.5. The molecule has 25 heavy (non-hydrogen) atoms. The first-order chi connectivity index (χ1) is 12.0. The maximum atomic E-state index is 6.18. The van der Waals surface area contributed by atoms with Crippen molar-refractivity contribution in [1.29, 1.82) is 0 Å². The smallest absolute Gasteiger partial charge is 0.159 e. The van der Waals surface area contributed by atoms with Crippen LogP contribution in [0.25, 0.3) is 0 Å². The standard InChI is InChI=1S/C16H11Cl4N5/c17-9-5-4-8(6-11(9)19)24-15-14(21)16(23-7-22-15)25-12-3-1-2-10(18)13(12)20/h1-7H,21H2,(H2,22,23,24,25). The van der Waals surface area contributed by atoms with Gasteiger partial charge in [-0.25, -0.2) is 9.97 Å². The van der Waals surface area contributed by atoms with Gasteiger partial charge in [0.05, 0.1) is 25.8 Å². The van der Waals surface area contributed by atoms with Crippen molar-refractivity contribution in [3.63, 3.8) is 0 Å². The van der Waals surface area contributed by atoms with Crippen molar-refractivity contribution < 1.29 is 0 Å². The summed E-state index contributed by atoms with van der Waals surface area (Å²) in [6, 6.07) is 10.3. The molecule has 0 aliphatic rings. The van der Waals surface area contributed by atoms with Crippen LogP contribution in [0, 0.1) is 0 Å². The first kappa shape index (κ1) is 17.9. The van der Waals surface area contributed by atoms with Crippen LogP contribution in [0.4, 0.5) is 28.7 Å². The van der Waals surface area contributed by atoms with Crippen LogP contribution < -0.4 is 16.4 Å². The number of nitrogens with one attached hydrogen (secondary N) is 2. The van der Waals surface area contributed by atoms with Crippen molar-refractivity contribution in [2.45, 2.75) is 0 Å². The second-order valence-electron chi connectivity index (χ2n) is 4.96. The minimum Gasteiger partial charge on any atom is -0.393 e. The molecule has 4 N–H and O–H groups in total. The van der Waals surface area contributed by atoms with E-state index in [1.165, 1.54) is 6.33 Å². The maximum Gasteiger partial charge on any atom is 0.159 e. The summed E-state index contributed by atoms with van der Waals surface area (Å²) in [5, 5.41) is 7.80. The molecule has 0 amide bonds. The fourth-order valence-electron chi connectivity index (χ4n) is 2.03. The topological polar surface area (TPSA) is 75.9 Å². The van der Waals surface area contributed by atoms with Gasteiger partial charge in [-0.1, -0.05) is 52.5 Å². The molecule has 0 bridgehead atoms. The summed E-state index contributed by atoms with van der Waals surface area (Å²) in [6.45, 7) is 0. The van der Waals surface area contributed by atoms with Gasteiger partial charge < -0.3 is 16.4 Å². The Morgan fingerprint density at radius 1 is 0.800 bits per heavy atom. The summed E-state index contributed by atoms with van der Waals surface area (Å²) in [7, 11) is 0. The number of halogens is 4. The monoisotopic (exact) mass is 413 g/mol. The van der Waals surface area contributed by atoms with Gasteiger partial charge >= 0.3 is 0 Å². The normalized spacial score (nSPS) is 10.6. The van der Waals surface area contributed by atoms with E-state index in [1.807, 2.05) is 0 Å². The Balaban J connectivity index is 1.89. The molecule has 0 saturated heterocycles. The summed E-state index contributed by atoms with van der Waals surface area (Å²) in [4.78, 5) is 8.29. The molecular formula is C16H11Cl4N5. The summed E-state index contributed by atoms with van der Waals surface area (Å²) in [6.07, 6.45) is 1.37. The van der Waals surface area contributed by atoms with E-state index in [4.69, 9.17) is 52.1 Å². The number of nitrogens with zero attached hydrogens (tertiary/aromatic N) is 2. The second-order valence-corrected chi connectivity index (χ2v) is 6.56. The summed E-state index contributed by atoms with van der Waals surface area (Å²) < 4.78 is 0. The van der Waals surface area contributed by atoms with Crippen LogP contribution in [-0.4, -0.2) is 9.97 Å². The molecule has 0 saturated carbocycles. The molecule has 2 aromatic carbocycles. The largest absolute Gasteiger partial charge is 0.393 e. The Kier molecular flexibility index (Phi) is 5.39. The minimum absolute atomic E-state index is 0.310. The Morgan fingerprint density at radius 2 is 1.52 bits per heavy atom. The number of benzene rings is 2. The van der Waals surface area contributed by atoms with Crippen LogP contribution in [0.3, 0.4) is 0 Å². The summed E-state index contributed by atoms with van der Waals surface area (Å²) in [5.41, 5.74) is 7.73. The highest BCUT2D eigenvalue weighted by Gasteiger charge is 2.12. The molecule has 0 aliphatic heterocycles. The Morgan fingerprint density at radius 3 is 2.24 bits per heavy atom. The molecule has 128 valence electrons. The predicted octanol–water partition coefficient (Wildman–Crippen LogP) is 6.16. The van der Waals surface area contributed by atoms with Crippen LogP contribution in [0.2, 0.25) is 20.1 Å². The molecule has 0 spiro atoms. The molecule has 0 unspecified atom stereocenters. The maximum absolute atomic E-state index is 6.18. The quantitative estimate of drug-likeness (QED) is 0.476. The molecule has 0 fully saturated rings. The van der Waals surface area contributed by atoms with Gasteiger partial charge in [-0.2, -0.15) is 0 Å². The van der Waals surface area contributed by atoms with E-state index in [-0.39, 0.29) is 0 Å². The second kappa shape index (κ2) is 7.54. The average Bonchev–Trinajstić information content (AvgIpc) is 2.59. The van der Waals surface area contributed by atoms with E-state index in [2.05, 4.69) is 20.6 Å². The van der Waals surface area contributed by atoms with E-state index >= 15 is 0 Å². The molecule has 9 heteroatoms. The van der Waals surface area contributed by atoms with Crippen LogP contribution in [0.15, 0.2) is 42.7 Å². The lowest BCUT2D eigenvalue weighted by molar-refractivity contribution is 1.17. The van der Waals surface area contributed by atoms with Gasteiger partial charge in [-0.15, -0.1) is 0 Å². The first-order valence-corrected chi connectivity index (χ1v) is 8.50. The molecular weight excluding hydrogens is 404 g/mol. The van der Waals surface area contributed by atoms with Crippen LogP contribution in [-0.2, 0) is 0 Å². The SMILES string of the molecule is Nc1c(Nc2ccc(Cl)c(Cl)c2)ncnc1Nc1cccc(Cl)c1Cl. The zero-order chi connectivity index (χ0) is 18.0. The predicted molar refractivity (Wildman–Crippen MR) is 106 cm³/mol. The van der Waals surface area contributed by atoms with Crippen molar-refractivity contribution in [3.05, 3.63) is 62.8 Å². The molecule has 0 radical (unpaired) electrons. The lowest BCUT2D eigenvalue weighted by Crippen LogP contribution is -2.05. The number of nitrogens with two attached hydrogens (primary N) is 1. The molecule has 3 aromatic rings. The zero-order valence-electron chi connectivity index (χ0n) is 12.5. The Bertz CT molecular complexity index is 932. The molecule has 0 aliphatic carbocycles. The fourth-order valence-corrected chi connectivity index (χ4v) is 2.68. The van der Waals surface area contributed by atoms with Crippen molar-refractivity contribution in [2.24, 2.45) is 0 Å². The highest BCUT2D eigenvalue weighted by Crippen LogP contribution is 2.34. The fraction of sp³-hybridized carbons (Fsp3) is 0. The van der Waals surface area contributed by atoms with Crippen molar-refractivity contribution >= 4 is 75.1 Å². The van der Waals surface area contributed by atoms with E-state index < -0.39 is 0 Å². The lowest BCUT2D eigenvalue weighted by atomic mass is 10.3. The number of nitrogen functional groups attached to an aromatic ring is 1. The zero-order valence-corrected chi connectivity index (χ0v) is 15.5. The molecule has 3 rings (SSSR count). The third-order valence-corrected chi connectivity index (χ3v) is 4.83. The Labute approximate surface area is 164 Å². The van der Waals surface area contributed by atoms with Gasteiger partial charge in [0.1, 0.15) is 12.0 Å². The molecule has 1 aromatic heterocycles. The van der Waals surface area contributed by atoms with Gasteiger partial charge in [0.25, 0.3) is 0 Å². The first-order valence-electron chi connectivity index (χ1n) is 6.99. The van der Waals surface area contributed by atoms with Crippen LogP contribution >= 0.6 is 46.4 Å². The molecule has 5 nitrogen and oxygen atoms in total. The van der Waals surface area contributed by atoms with E-state index in [0.717, 1.165) is 0 Å². The van der Waals surface area contributed by atoms with Crippen molar-refractivity contribution in [1.82, 2.24) is 9.97 Å². The number of hydrogen-bond donors (Lipinski definition) is 3. The van der Waals surface area contributed by atoms with Crippen molar-refractivity contribution in [2.75, 3.05) is 16.4 Å². The Hall–Kier alpha value is -1.92. The van der Waals surface area contributed by atoms with Gasteiger partial charge in [-0.05, 0) is 30.3 Å².